The Kier molecular flexibility index (Phi) is 5.77. The summed E-state index contributed by atoms with van der Waals surface area (Å²) < 4.78 is 0. The Hall–Kier alpha value is -1.55. The van der Waals surface area contributed by atoms with E-state index in [9.17, 15) is 4.79 Å². The fourth-order valence-corrected chi connectivity index (χ4v) is 3.46. The van der Waals surface area contributed by atoms with Crippen LogP contribution in [0.3, 0.4) is 0 Å². The molecular weight excluding hydrogens is 343 g/mol. The van der Waals surface area contributed by atoms with E-state index in [1.165, 1.54) is 5.56 Å². The number of piperidine rings is 1. The van der Waals surface area contributed by atoms with Crippen LogP contribution in [0.1, 0.15) is 18.4 Å². The van der Waals surface area contributed by atoms with Gasteiger partial charge in [-0.2, -0.15) is 0 Å². The van der Waals surface area contributed by atoms with Gasteiger partial charge in [-0.05, 0) is 61.8 Å². The number of hydrogen-bond donors (Lipinski definition) is 1. The first kappa shape index (κ1) is 17.3. The number of carbonyl (C=O) groups excluding carboxylic acids is 1. The van der Waals surface area contributed by atoms with Crippen molar-refractivity contribution in [1.82, 2.24) is 4.90 Å². The van der Waals surface area contributed by atoms with Crippen LogP contribution in [0.15, 0.2) is 48.5 Å². The van der Waals surface area contributed by atoms with E-state index in [-0.39, 0.29) is 11.8 Å². The first-order valence-electron chi connectivity index (χ1n) is 8.13. The fourth-order valence-electron chi connectivity index (χ4n) is 3.06. The Morgan fingerprint density at radius 2 is 1.71 bits per heavy atom. The molecule has 3 rings (SSSR count). The second kappa shape index (κ2) is 8.02. The number of hydrogen-bond acceptors (Lipinski definition) is 2. The highest BCUT2D eigenvalue weighted by atomic mass is 35.5. The highest BCUT2D eigenvalue weighted by molar-refractivity contribution is 6.31. The van der Waals surface area contributed by atoms with Crippen molar-refractivity contribution in [3.05, 3.63) is 64.1 Å². The van der Waals surface area contributed by atoms with Crippen molar-refractivity contribution in [1.29, 1.82) is 0 Å². The number of likely N-dealkylation sites (tertiary alicyclic amines) is 1. The van der Waals surface area contributed by atoms with E-state index in [0.29, 0.717) is 5.02 Å². The van der Waals surface area contributed by atoms with Crippen LogP contribution in [0.5, 0.6) is 0 Å². The predicted octanol–water partition coefficient (Wildman–Crippen LogP) is 4.84. The zero-order valence-corrected chi connectivity index (χ0v) is 14.9. The van der Waals surface area contributed by atoms with Crippen LogP contribution in [0.2, 0.25) is 10.0 Å². The summed E-state index contributed by atoms with van der Waals surface area (Å²) in [5.41, 5.74) is 1.97. The first-order chi connectivity index (χ1) is 11.6. The minimum atomic E-state index is 0.0552. The van der Waals surface area contributed by atoms with Crippen LogP contribution in [0.25, 0.3) is 0 Å². The molecule has 1 aliphatic heterocycles. The van der Waals surface area contributed by atoms with Gasteiger partial charge in [-0.1, -0.05) is 41.4 Å². The molecule has 2 aromatic carbocycles. The molecule has 0 saturated carbocycles. The molecule has 0 atom stereocenters. The van der Waals surface area contributed by atoms with Gasteiger partial charge in [-0.25, -0.2) is 0 Å². The Balaban J connectivity index is 1.50. The smallest absolute Gasteiger partial charge is 0.227 e. The van der Waals surface area contributed by atoms with Gasteiger partial charge in [-0.3, -0.25) is 9.69 Å². The normalized spacial score (nSPS) is 16.1. The Morgan fingerprint density at radius 1 is 1.04 bits per heavy atom. The van der Waals surface area contributed by atoms with Gasteiger partial charge in [-0.15, -0.1) is 0 Å². The molecule has 0 aromatic heterocycles. The first-order valence-corrected chi connectivity index (χ1v) is 8.89. The van der Waals surface area contributed by atoms with Gasteiger partial charge in [0.15, 0.2) is 0 Å². The third kappa shape index (κ3) is 4.73. The van der Waals surface area contributed by atoms with Gasteiger partial charge >= 0.3 is 0 Å². The minimum absolute atomic E-state index is 0.0552. The predicted molar refractivity (Wildman–Crippen MR) is 99.5 cm³/mol. The summed E-state index contributed by atoms with van der Waals surface area (Å²) in [4.78, 5) is 14.8. The lowest BCUT2D eigenvalue weighted by molar-refractivity contribution is -0.121. The SMILES string of the molecule is O=C(Nc1cccc(Cl)c1)C1CCN(Cc2cccc(Cl)c2)CC1. The van der Waals surface area contributed by atoms with E-state index in [0.717, 1.165) is 43.2 Å². The second-order valence-corrected chi connectivity index (χ2v) is 7.05. The van der Waals surface area contributed by atoms with Crippen molar-refractivity contribution in [3.63, 3.8) is 0 Å². The molecule has 0 spiro atoms. The average molecular weight is 363 g/mol. The number of amides is 1. The van der Waals surface area contributed by atoms with Crippen molar-refractivity contribution in [2.75, 3.05) is 18.4 Å². The molecule has 2 aromatic rings. The Bertz CT molecular complexity index is 712. The maximum atomic E-state index is 12.4. The highest BCUT2D eigenvalue weighted by Gasteiger charge is 2.25. The number of benzene rings is 2. The number of anilines is 1. The van der Waals surface area contributed by atoms with Crippen LogP contribution in [-0.4, -0.2) is 23.9 Å². The molecule has 126 valence electrons. The van der Waals surface area contributed by atoms with E-state index >= 15 is 0 Å². The van der Waals surface area contributed by atoms with E-state index < -0.39 is 0 Å². The van der Waals surface area contributed by atoms with Gasteiger partial charge in [0.05, 0.1) is 0 Å². The molecule has 24 heavy (non-hydrogen) atoms. The summed E-state index contributed by atoms with van der Waals surface area (Å²) in [7, 11) is 0. The lowest BCUT2D eigenvalue weighted by atomic mass is 9.95. The monoisotopic (exact) mass is 362 g/mol. The zero-order valence-electron chi connectivity index (χ0n) is 13.3. The van der Waals surface area contributed by atoms with Gasteiger partial charge in [0.1, 0.15) is 0 Å². The Morgan fingerprint density at radius 3 is 2.38 bits per heavy atom. The standard InChI is InChI=1S/C19H20Cl2N2O/c20-16-4-1-3-14(11-16)13-23-9-7-15(8-10-23)19(24)22-18-6-2-5-17(21)12-18/h1-6,11-12,15H,7-10,13H2,(H,22,24). The lowest BCUT2D eigenvalue weighted by Gasteiger charge is -2.31. The minimum Gasteiger partial charge on any atom is -0.326 e. The summed E-state index contributed by atoms with van der Waals surface area (Å²) in [5, 5.41) is 4.36. The van der Waals surface area contributed by atoms with Crippen LogP contribution < -0.4 is 5.32 Å². The third-order valence-electron chi connectivity index (χ3n) is 4.35. The maximum absolute atomic E-state index is 12.4. The lowest BCUT2D eigenvalue weighted by Crippen LogP contribution is -2.37. The quantitative estimate of drug-likeness (QED) is 0.843. The van der Waals surface area contributed by atoms with Gasteiger partial charge in [0, 0.05) is 28.2 Å². The van der Waals surface area contributed by atoms with Gasteiger partial charge < -0.3 is 5.32 Å². The summed E-state index contributed by atoms with van der Waals surface area (Å²) in [6.45, 7) is 2.71. The summed E-state index contributed by atoms with van der Waals surface area (Å²) in [6.07, 6.45) is 1.74. The molecule has 0 unspecified atom stereocenters. The molecule has 0 aliphatic carbocycles. The second-order valence-electron chi connectivity index (χ2n) is 6.18. The summed E-state index contributed by atoms with van der Waals surface area (Å²) in [6, 6.07) is 15.2. The summed E-state index contributed by atoms with van der Waals surface area (Å²) >= 11 is 12.0. The van der Waals surface area contributed by atoms with Crippen molar-refractivity contribution in [3.8, 4) is 0 Å². The molecule has 5 heteroatoms. The van der Waals surface area contributed by atoms with Gasteiger partial charge in [0.2, 0.25) is 5.91 Å². The van der Waals surface area contributed by atoms with Crippen molar-refractivity contribution < 1.29 is 4.79 Å². The molecule has 1 fully saturated rings. The number of nitrogens with one attached hydrogen (secondary N) is 1. The van der Waals surface area contributed by atoms with Crippen molar-refractivity contribution in [2.24, 2.45) is 5.92 Å². The van der Waals surface area contributed by atoms with Crippen molar-refractivity contribution in [2.45, 2.75) is 19.4 Å². The average Bonchev–Trinajstić information content (AvgIpc) is 2.55. The van der Waals surface area contributed by atoms with Crippen LogP contribution >= 0.6 is 23.2 Å². The molecule has 3 nitrogen and oxygen atoms in total. The molecule has 1 heterocycles. The number of halogens is 2. The van der Waals surface area contributed by atoms with E-state index in [4.69, 9.17) is 23.2 Å². The molecule has 1 saturated heterocycles. The van der Waals surface area contributed by atoms with Gasteiger partial charge in [0.25, 0.3) is 0 Å². The fraction of sp³-hybridized carbons (Fsp3) is 0.316. The molecule has 1 aliphatic rings. The molecule has 0 bridgehead atoms. The van der Waals surface area contributed by atoms with Crippen molar-refractivity contribution >= 4 is 34.8 Å². The molecule has 0 radical (unpaired) electrons. The molecular formula is C19H20Cl2N2O. The molecule has 1 N–H and O–H groups in total. The maximum Gasteiger partial charge on any atom is 0.227 e. The third-order valence-corrected chi connectivity index (χ3v) is 4.82. The number of carbonyl (C=O) groups is 1. The number of rotatable bonds is 4. The topological polar surface area (TPSA) is 32.3 Å². The van der Waals surface area contributed by atoms with Crippen LogP contribution in [0.4, 0.5) is 5.69 Å². The van der Waals surface area contributed by atoms with E-state index in [2.05, 4.69) is 16.3 Å². The van der Waals surface area contributed by atoms with Crippen LogP contribution in [0, 0.1) is 5.92 Å². The Labute approximate surface area is 152 Å². The zero-order chi connectivity index (χ0) is 16.9. The highest BCUT2D eigenvalue weighted by Crippen LogP contribution is 2.22. The van der Waals surface area contributed by atoms with Crippen LogP contribution in [-0.2, 0) is 11.3 Å². The molecule has 1 amide bonds. The largest absolute Gasteiger partial charge is 0.326 e. The van der Waals surface area contributed by atoms with E-state index in [1.54, 1.807) is 12.1 Å². The van der Waals surface area contributed by atoms with E-state index in [1.807, 2.05) is 30.3 Å². The number of nitrogens with zero attached hydrogens (tertiary/aromatic N) is 1. The summed E-state index contributed by atoms with van der Waals surface area (Å²) in [5.74, 6) is 0.138.